The van der Waals surface area contributed by atoms with Crippen molar-refractivity contribution in [3.8, 4) is 0 Å². The fraction of sp³-hybridized carbons (Fsp3) is 0.478. The zero-order valence-electron chi connectivity index (χ0n) is 16.2. The lowest BCUT2D eigenvalue weighted by molar-refractivity contribution is -0.133. The monoisotopic (exact) mass is 363 g/mol. The lowest BCUT2D eigenvalue weighted by Gasteiger charge is -2.33. The zero-order chi connectivity index (χ0) is 18.7. The van der Waals surface area contributed by atoms with E-state index in [1.807, 2.05) is 12.3 Å². The second-order valence-corrected chi connectivity index (χ2v) is 8.23. The molecule has 0 saturated carbocycles. The van der Waals surface area contributed by atoms with E-state index in [-0.39, 0.29) is 5.41 Å². The van der Waals surface area contributed by atoms with Crippen LogP contribution < -0.4 is 0 Å². The summed E-state index contributed by atoms with van der Waals surface area (Å²) < 4.78 is 0. The van der Waals surface area contributed by atoms with E-state index in [0.717, 1.165) is 57.7 Å². The Morgan fingerprint density at radius 2 is 1.93 bits per heavy atom. The Morgan fingerprint density at radius 1 is 1.11 bits per heavy atom. The van der Waals surface area contributed by atoms with Gasteiger partial charge in [0.2, 0.25) is 5.91 Å². The second-order valence-electron chi connectivity index (χ2n) is 8.23. The highest BCUT2D eigenvalue weighted by Crippen LogP contribution is 2.39. The zero-order valence-corrected chi connectivity index (χ0v) is 16.2. The van der Waals surface area contributed by atoms with Crippen LogP contribution in [0.15, 0.2) is 48.7 Å². The molecular weight excluding hydrogens is 334 g/mol. The number of rotatable bonds is 4. The molecule has 4 heteroatoms. The first-order valence-corrected chi connectivity index (χ1v) is 10.1. The molecule has 4 nitrogen and oxygen atoms in total. The first-order valence-electron chi connectivity index (χ1n) is 10.1. The van der Waals surface area contributed by atoms with Gasteiger partial charge in [-0.05, 0) is 49.1 Å². The Labute approximate surface area is 162 Å². The van der Waals surface area contributed by atoms with Crippen molar-refractivity contribution >= 4 is 5.91 Å². The number of amides is 1. The Kier molecular flexibility index (Phi) is 5.26. The average molecular weight is 364 g/mol. The molecule has 1 aromatic carbocycles. The van der Waals surface area contributed by atoms with Crippen molar-refractivity contribution in [1.82, 2.24) is 14.8 Å². The van der Waals surface area contributed by atoms with Crippen molar-refractivity contribution in [3.63, 3.8) is 0 Å². The van der Waals surface area contributed by atoms with Gasteiger partial charge < -0.3 is 4.90 Å². The fourth-order valence-corrected chi connectivity index (χ4v) is 4.72. The number of fused-ring (bicyclic) bond motifs is 1. The van der Waals surface area contributed by atoms with E-state index in [1.54, 1.807) is 0 Å². The van der Waals surface area contributed by atoms with Crippen LogP contribution in [-0.4, -0.2) is 40.3 Å². The molecule has 1 saturated heterocycles. The summed E-state index contributed by atoms with van der Waals surface area (Å²) in [7, 11) is 0. The molecule has 1 atom stereocenters. The summed E-state index contributed by atoms with van der Waals surface area (Å²) in [6.45, 7) is 6.73. The smallest absolute Gasteiger partial charge is 0.222 e. The van der Waals surface area contributed by atoms with Gasteiger partial charge in [0.25, 0.3) is 0 Å². The van der Waals surface area contributed by atoms with Gasteiger partial charge in [-0.25, -0.2) is 0 Å². The fourth-order valence-electron chi connectivity index (χ4n) is 4.72. The highest BCUT2D eigenvalue weighted by Gasteiger charge is 2.42. The van der Waals surface area contributed by atoms with Crippen LogP contribution in [0, 0.1) is 5.41 Å². The van der Waals surface area contributed by atoms with E-state index in [0.29, 0.717) is 12.3 Å². The summed E-state index contributed by atoms with van der Waals surface area (Å²) >= 11 is 0. The van der Waals surface area contributed by atoms with Crippen LogP contribution in [0.3, 0.4) is 0 Å². The van der Waals surface area contributed by atoms with Crippen molar-refractivity contribution in [1.29, 1.82) is 0 Å². The highest BCUT2D eigenvalue weighted by atomic mass is 16.2. The van der Waals surface area contributed by atoms with Crippen LogP contribution in [0.5, 0.6) is 0 Å². The van der Waals surface area contributed by atoms with E-state index < -0.39 is 0 Å². The predicted molar refractivity (Wildman–Crippen MR) is 107 cm³/mol. The summed E-state index contributed by atoms with van der Waals surface area (Å²) in [4.78, 5) is 21.9. The third-order valence-electron chi connectivity index (χ3n) is 6.02. The molecule has 0 radical (unpaired) electrons. The molecule has 2 aliphatic heterocycles. The van der Waals surface area contributed by atoms with Gasteiger partial charge in [-0.15, -0.1) is 0 Å². The number of pyridine rings is 1. The summed E-state index contributed by atoms with van der Waals surface area (Å²) in [5.74, 6) is 0.303. The van der Waals surface area contributed by atoms with Crippen LogP contribution in [0.2, 0.25) is 0 Å². The molecule has 27 heavy (non-hydrogen) atoms. The molecule has 1 unspecified atom stereocenters. The summed E-state index contributed by atoms with van der Waals surface area (Å²) in [6, 6.07) is 14.8. The first-order chi connectivity index (χ1) is 13.2. The lowest BCUT2D eigenvalue weighted by Crippen LogP contribution is -2.41. The normalized spacial score (nSPS) is 22.6. The van der Waals surface area contributed by atoms with Gasteiger partial charge >= 0.3 is 0 Å². The average Bonchev–Trinajstić information content (AvgIpc) is 2.97. The number of benzene rings is 1. The van der Waals surface area contributed by atoms with Crippen LogP contribution in [0.4, 0.5) is 0 Å². The molecule has 0 aliphatic carbocycles. The van der Waals surface area contributed by atoms with Gasteiger partial charge in [-0.1, -0.05) is 37.3 Å². The van der Waals surface area contributed by atoms with Crippen molar-refractivity contribution in [2.75, 3.05) is 19.6 Å². The van der Waals surface area contributed by atoms with E-state index >= 15 is 0 Å². The predicted octanol–water partition coefficient (Wildman–Crippen LogP) is 3.66. The maximum absolute atomic E-state index is 12.8. The minimum atomic E-state index is 0.158. The number of likely N-dealkylation sites (tertiary alicyclic amines) is 1. The van der Waals surface area contributed by atoms with Crippen molar-refractivity contribution in [2.24, 2.45) is 5.41 Å². The topological polar surface area (TPSA) is 36.4 Å². The quantitative estimate of drug-likeness (QED) is 0.832. The van der Waals surface area contributed by atoms with E-state index in [4.69, 9.17) is 0 Å². The molecule has 0 bridgehead atoms. The summed E-state index contributed by atoms with van der Waals surface area (Å²) in [6.07, 6.45) is 5.64. The first kappa shape index (κ1) is 18.2. The number of carbonyl (C=O) groups excluding carboxylic acids is 1. The lowest BCUT2D eigenvalue weighted by atomic mass is 9.80. The van der Waals surface area contributed by atoms with Crippen LogP contribution >= 0.6 is 0 Å². The Bertz CT molecular complexity index is 791. The Morgan fingerprint density at radius 3 is 2.70 bits per heavy atom. The van der Waals surface area contributed by atoms with Crippen molar-refractivity contribution in [3.05, 3.63) is 65.5 Å². The molecule has 142 valence electrons. The van der Waals surface area contributed by atoms with Gasteiger partial charge in [0.15, 0.2) is 0 Å². The molecular formula is C23H29N3O. The molecule has 1 amide bonds. The van der Waals surface area contributed by atoms with Gasteiger partial charge in [-0.3, -0.25) is 14.7 Å². The SMILES string of the molecule is CCCC(=O)N1Cc2ccccc2CC2(CCN(Cc3ccccn3)C2)C1. The summed E-state index contributed by atoms with van der Waals surface area (Å²) in [5.41, 5.74) is 4.03. The Hall–Kier alpha value is -2.20. The molecule has 1 fully saturated rings. The molecule has 1 aromatic heterocycles. The van der Waals surface area contributed by atoms with Crippen molar-refractivity contribution in [2.45, 2.75) is 45.7 Å². The standard InChI is InChI=1S/C23H29N3O/c1-2-7-22(27)26-15-20-9-4-3-8-19(20)14-23(18-26)11-13-25(17-23)16-21-10-5-6-12-24-21/h3-6,8-10,12H,2,7,11,13-18H2,1H3. The minimum Gasteiger partial charge on any atom is -0.338 e. The molecule has 2 aromatic rings. The van der Waals surface area contributed by atoms with Crippen molar-refractivity contribution < 1.29 is 4.79 Å². The van der Waals surface area contributed by atoms with E-state index in [2.05, 4.69) is 58.1 Å². The van der Waals surface area contributed by atoms with E-state index in [9.17, 15) is 4.79 Å². The number of hydrogen-bond acceptors (Lipinski definition) is 3. The molecule has 2 aliphatic rings. The molecule has 4 rings (SSSR count). The number of nitrogens with zero attached hydrogens (tertiary/aromatic N) is 3. The third-order valence-corrected chi connectivity index (χ3v) is 6.02. The minimum absolute atomic E-state index is 0.158. The van der Waals surface area contributed by atoms with Crippen LogP contribution in [0.25, 0.3) is 0 Å². The number of hydrogen-bond donors (Lipinski definition) is 0. The Balaban J connectivity index is 1.56. The summed E-state index contributed by atoms with van der Waals surface area (Å²) in [5, 5.41) is 0. The highest BCUT2D eigenvalue weighted by molar-refractivity contribution is 5.76. The largest absolute Gasteiger partial charge is 0.338 e. The van der Waals surface area contributed by atoms with Crippen LogP contribution in [-0.2, 0) is 24.3 Å². The number of aromatic nitrogens is 1. The number of carbonyl (C=O) groups is 1. The molecule has 1 spiro atoms. The molecule has 0 N–H and O–H groups in total. The van der Waals surface area contributed by atoms with Crippen LogP contribution in [0.1, 0.15) is 43.0 Å². The van der Waals surface area contributed by atoms with E-state index in [1.165, 1.54) is 11.1 Å². The third kappa shape index (κ3) is 4.06. The van der Waals surface area contributed by atoms with Gasteiger partial charge in [0.05, 0.1) is 5.69 Å². The maximum Gasteiger partial charge on any atom is 0.222 e. The van der Waals surface area contributed by atoms with Gasteiger partial charge in [-0.2, -0.15) is 0 Å². The van der Waals surface area contributed by atoms with Gasteiger partial charge in [0.1, 0.15) is 0 Å². The van der Waals surface area contributed by atoms with Gasteiger partial charge in [0, 0.05) is 44.2 Å². The second kappa shape index (κ2) is 7.81. The molecule has 3 heterocycles. The maximum atomic E-state index is 12.8.